The lowest BCUT2D eigenvalue weighted by atomic mass is 10.1. The number of allylic oxidation sites excluding steroid dienone is 5. The van der Waals surface area contributed by atoms with Gasteiger partial charge < -0.3 is 15.2 Å². The number of hydrogen-bond acceptors (Lipinski definition) is 4. The third-order valence-corrected chi connectivity index (χ3v) is 8.77. The maximum atomic E-state index is 12.6. The quantitative estimate of drug-likeness (QED) is 0.0392. The van der Waals surface area contributed by atoms with E-state index in [1.807, 2.05) is 0 Å². The zero-order valence-corrected chi connectivity index (χ0v) is 31.3. The summed E-state index contributed by atoms with van der Waals surface area (Å²) >= 11 is 0. The van der Waals surface area contributed by atoms with Crippen LogP contribution in [0, 0.1) is 0 Å². The van der Waals surface area contributed by atoms with Crippen molar-refractivity contribution >= 4 is 17.8 Å². The summed E-state index contributed by atoms with van der Waals surface area (Å²) in [5, 5.41) is 11.1. The van der Waals surface area contributed by atoms with Crippen LogP contribution in [0.5, 0.6) is 0 Å². The van der Waals surface area contributed by atoms with Crippen LogP contribution in [0.25, 0.3) is 0 Å². The van der Waals surface area contributed by atoms with Crippen LogP contribution in [0.2, 0.25) is 0 Å². The lowest BCUT2D eigenvalue weighted by Gasteiger charge is -2.15. The summed E-state index contributed by atoms with van der Waals surface area (Å²) in [6.45, 7) is 4.16. The number of aliphatic carboxylic acids is 1. The number of ether oxygens (including phenoxy) is 1. The number of esters is 1. The maximum Gasteiger partial charge on any atom is 0.322 e. The molecule has 0 bridgehead atoms. The van der Waals surface area contributed by atoms with E-state index in [4.69, 9.17) is 9.84 Å². The fourth-order valence-corrected chi connectivity index (χ4v) is 5.75. The van der Waals surface area contributed by atoms with E-state index in [1.165, 1.54) is 116 Å². The van der Waals surface area contributed by atoms with E-state index in [0.29, 0.717) is 12.8 Å². The summed E-state index contributed by atoms with van der Waals surface area (Å²) in [5.74, 6) is -1.33. The molecule has 0 aromatic heterocycles. The van der Waals surface area contributed by atoms with Crippen molar-refractivity contribution in [2.24, 2.45) is 0 Å². The molecule has 6 heteroatoms. The van der Waals surface area contributed by atoms with E-state index in [0.717, 1.165) is 57.8 Å². The van der Waals surface area contributed by atoms with Crippen LogP contribution in [-0.2, 0) is 19.1 Å². The van der Waals surface area contributed by atoms with Crippen molar-refractivity contribution in [2.75, 3.05) is 6.54 Å². The second-order valence-corrected chi connectivity index (χ2v) is 13.5. The minimum Gasteiger partial charge on any atom is -0.480 e. The Morgan fingerprint density at radius 2 is 1.02 bits per heavy atom. The number of hydrogen-bond donors (Lipinski definition) is 2. The fourth-order valence-electron chi connectivity index (χ4n) is 5.75. The van der Waals surface area contributed by atoms with Gasteiger partial charge in [0.15, 0.2) is 0 Å². The molecule has 6 nitrogen and oxygen atoms in total. The number of carbonyl (C=O) groups is 3. The molecule has 1 unspecified atom stereocenters. The van der Waals surface area contributed by atoms with Gasteiger partial charge in [-0.2, -0.15) is 0 Å². The number of unbranched alkanes of at least 4 members (excludes halogenated alkanes) is 21. The van der Waals surface area contributed by atoms with Gasteiger partial charge in [0.2, 0.25) is 5.91 Å². The zero-order valence-electron chi connectivity index (χ0n) is 31.3. The molecule has 0 aromatic rings. The molecule has 0 rings (SSSR count). The molecule has 0 aliphatic rings. The highest BCUT2D eigenvalue weighted by Gasteiger charge is 2.12. The standard InChI is InChI=1S/C42H75NO5/c1-3-5-7-9-11-13-14-15-16-17-18-19-20-21-22-23-25-27-33-37-42(47)48-39(34-30-26-24-12-10-8-6-4-2)35-31-28-29-32-36-40(44)43-38-41(45)46/h11,13,15-16,30,34,39H,3-10,12,14,17-29,31-33,35-38H2,1-2H3,(H,43,44)(H,45,46)/b13-11-,16-15-,34-30-. The Labute approximate surface area is 296 Å². The summed E-state index contributed by atoms with van der Waals surface area (Å²) in [4.78, 5) is 34.9. The van der Waals surface area contributed by atoms with Gasteiger partial charge in [0.25, 0.3) is 0 Å². The van der Waals surface area contributed by atoms with Crippen LogP contribution in [0.1, 0.15) is 200 Å². The number of carbonyl (C=O) groups excluding carboxylic acids is 2. The van der Waals surface area contributed by atoms with Gasteiger partial charge in [-0.25, -0.2) is 0 Å². The van der Waals surface area contributed by atoms with E-state index in [9.17, 15) is 14.4 Å². The van der Waals surface area contributed by atoms with Crippen molar-refractivity contribution < 1.29 is 24.2 Å². The molecule has 0 saturated carbocycles. The molecule has 2 N–H and O–H groups in total. The van der Waals surface area contributed by atoms with Crippen LogP contribution in [0.15, 0.2) is 36.5 Å². The van der Waals surface area contributed by atoms with Crippen molar-refractivity contribution in [3.05, 3.63) is 36.5 Å². The largest absolute Gasteiger partial charge is 0.480 e. The van der Waals surface area contributed by atoms with Crippen LogP contribution in [0.4, 0.5) is 0 Å². The number of rotatable bonds is 36. The summed E-state index contributed by atoms with van der Waals surface area (Å²) in [6.07, 6.45) is 45.7. The minimum atomic E-state index is -1.03. The van der Waals surface area contributed by atoms with E-state index < -0.39 is 5.97 Å². The molecule has 48 heavy (non-hydrogen) atoms. The Hall–Kier alpha value is -2.37. The predicted molar refractivity (Wildman–Crippen MR) is 203 cm³/mol. The molecular formula is C42H75NO5. The van der Waals surface area contributed by atoms with Gasteiger partial charge in [0.05, 0.1) is 0 Å². The summed E-state index contributed by atoms with van der Waals surface area (Å²) in [5.41, 5.74) is 0. The molecule has 0 radical (unpaired) electrons. The molecule has 278 valence electrons. The van der Waals surface area contributed by atoms with E-state index in [1.54, 1.807) is 0 Å². The molecule has 0 heterocycles. The van der Waals surface area contributed by atoms with E-state index >= 15 is 0 Å². The molecule has 0 saturated heterocycles. The average molecular weight is 674 g/mol. The Morgan fingerprint density at radius 3 is 1.60 bits per heavy atom. The van der Waals surface area contributed by atoms with Gasteiger partial charge in [-0.15, -0.1) is 0 Å². The average Bonchev–Trinajstić information content (AvgIpc) is 3.07. The number of nitrogens with one attached hydrogen (secondary N) is 1. The van der Waals surface area contributed by atoms with Crippen molar-refractivity contribution in [3.63, 3.8) is 0 Å². The van der Waals surface area contributed by atoms with Crippen LogP contribution in [0.3, 0.4) is 0 Å². The molecule has 1 atom stereocenters. The number of amides is 1. The van der Waals surface area contributed by atoms with E-state index in [-0.39, 0.29) is 24.5 Å². The summed E-state index contributed by atoms with van der Waals surface area (Å²) < 4.78 is 5.89. The molecular weight excluding hydrogens is 598 g/mol. The first kappa shape index (κ1) is 45.6. The molecule has 1 amide bonds. The Morgan fingerprint density at radius 1 is 0.562 bits per heavy atom. The third-order valence-electron chi connectivity index (χ3n) is 8.77. The SMILES string of the molecule is CCCCC/C=C\C/C=C\CCCCCCCCCCCC(=O)OC(/C=C\CCCCCCCC)CCCCCCC(=O)NCC(=O)O. The number of carboxylic acids is 1. The van der Waals surface area contributed by atoms with Crippen molar-refractivity contribution in [1.29, 1.82) is 0 Å². The van der Waals surface area contributed by atoms with Gasteiger partial charge in [0, 0.05) is 12.8 Å². The smallest absolute Gasteiger partial charge is 0.322 e. The van der Waals surface area contributed by atoms with Crippen LogP contribution in [-0.4, -0.2) is 35.6 Å². The van der Waals surface area contributed by atoms with Gasteiger partial charge in [-0.3, -0.25) is 14.4 Å². The predicted octanol–water partition coefficient (Wildman–Crippen LogP) is 12.1. The lowest BCUT2D eigenvalue weighted by molar-refractivity contribution is -0.147. The first-order chi connectivity index (χ1) is 23.5. The third kappa shape index (κ3) is 36.5. The lowest BCUT2D eigenvalue weighted by Crippen LogP contribution is -2.28. The van der Waals surface area contributed by atoms with Gasteiger partial charge >= 0.3 is 11.9 Å². The molecule has 0 spiro atoms. The second kappa shape index (κ2) is 37.4. The highest BCUT2D eigenvalue weighted by atomic mass is 16.5. The topological polar surface area (TPSA) is 92.7 Å². The Kier molecular flexibility index (Phi) is 35.6. The zero-order chi connectivity index (χ0) is 35.2. The van der Waals surface area contributed by atoms with E-state index in [2.05, 4.69) is 55.6 Å². The first-order valence-corrected chi connectivity index (χ1v) is 20.1. The highest BCUT2D eigenvalue weighted by Crippen LogP contribution is 2.16. The maximum absolute atomic E-state index is 12.6. The normalized spacial score (nSPS) is 12.4. The molecule has 0 aromatic carbocycles. The van der Waals surface area contributed by atoms with Crippen LogP contribution >= 0.6 is 0 Å². The number of carboxylic acid groups (broad SMARTS) is 1. The monoisotopic (exact) mass is 674 g/mol. The molecule has 0 aliphatic carbocycles. The van der Waals surface area contributed by atoms with Crippen molar-refractivity contribution in [2.45, 2.75) is 206 Å². The van der Waals surface area contributed by atoms with Gasteiger partial charge in [-0.1, -0.05) is 147 Å². The van der Waals surface area contributed by atoms with Crippen molar-refractivity contribution in [3.8, 4) is 0 Å². The Balaban J connectivity index is 4.06. The summed E-state index contributed by atoms with van der Waals surface area (Å²) in [7, 11) is 0. The second-order valence-electron chi connectivity index (χ2n) is 13.5. The minimum absolute atomic E-state index is 0.0867. The van der Waals surface area contributed by atoms with Crippen LogP contribution < -0.4 is 5.32 Å². The molecule has 0 fully saturated rings. The summed E-state index contributed by atoms with van der Waals surface area (Å²) in [6, 6.07) is 0. The fraction of sp³-hybridized carbons (Fsp3) is 0.786. The van der Waals surface area contributed by atoms with Gasteiger partial charge in [-0.05, 0) is 76.7 Å². The highest BCUT2D eigenvalue weighted by molar-refractivity contribution is 5.80. The van der Waals surface area contributed by atoms with Crippen molar-refractivity contribution in [1.82, 2.24) is 5.32 Å². The Bertz CT molecular complexity index is 834. The first-order valence-electron chi connectivity index (χ1n) is 20.1. The molecule has 0 aliphatic heterocycles. The van der Waals surface area contributed by atoms with Gasteiger partial charge in [0.1, 0.15) is 12.6 Å².